The minimum Gasteiger partial charge on any atom is -0.228 e. The molecule has 0 spiro atoms. The molecule has 0 amide bonds. The van der Waals surface area contributed by atoms with Crippen LogP contribution < -0.4 is 0 Å². The van der Waals surface area contributed by atoms with Crippen LogP contribution in [0.3, 0.4) is 0 Å². The summed E-state index contributed by atoms with van der Waals surface area (Å²) in [5, 5.41) is 12.5. The van der Waals surface area contributed by atoms with Gasteiger partial charge in [0.1, 0.15) is 0 Å². The molecule has 0 saturated carbocycles. The lowest BCUT2D eigenvalue weighted by Gasteiger charge is -2.15. The zero-order chi connectivity index (χ0) is 41.0. The fraction of sp³-hybridized carbons (Fsp3) is 0. The first-order valence-corrected chi connectivity index (χ1v) is 21.2. The Hall–Kier alpha value is -8.20. The van der Waals surface area contributed by atoms with Gasteiger partial charge in [0, 0.05) is 16.7 Å². The fourth-order valence-electron chi connectivity index (χ4n) is 9.29. The minimum atomic E-state index is 0.712. The molecule has 2 nitrogen and oxygen atoms in total. The van der Waals surface area contributed by atoms with Crippen molar-refractivity contribution in [1.82, 2.24) is 9.97 Å². The van der Waals surface area contributed by atoms with E-state index in [9.17, 15) is 0 Å². The van der Waals surface area contributed by atoms with Crippen molar-refractivity contribution < 1.29 is 0 Å². The Labute approximate surface area is 360 Å². The molecular formula is C60H38N2. The van der Waals surface area contributed by atoms with Gasteiger partial charge in [0.2, 0.25) is 0 Å². The smallest absolute Gasteiger partial charge is 0.160 e. The highest BCUT2D eigenvalue weighted by molar-refractivity contribution is 6.17. The van der Waals surface area contributed by atoms with Gasteiger partial charge in [-0.15, -0.1) is 0 Å². The number of rotatable bonds is 6. The molecule has 0 radical (unpaired) electrons. The predicted molar refractivity (Wildman–Crippen MR) is 262 cm³/mol. The summed E-state index contributed by atoms with van der Waals surface area (Å²) in [7, 11) is 0. The van der Waals surface area contributed by atoms with Crippen LogP contribution in [0.2, 0.25) is 0 Å². The Kier molecular flexibility index (Phi) is 8.53. The summed E-state index contributed by atoms with van der Waals surface area (Å²) in [5.41, 5.74) is 12.1. The maximum absolute atomic E-state index is 5.11. The molecule has 0 aliphatic rings. The summed E-state index contributed by atoms with van der Waals surface area (Å²) in [6.45, 7) is 0. The Morgan fingerprint density at radius 3 is 1.29 bits per heavy atom. The highest BCUT2D eigenvalue weighted by Crippen LogP contribution is 2.40. The average molecular weight is 787 g/mol. The average Bonchev–Trinajstić information content (AvgIpc) is 3.35. The van der Waals surface area contributed by atoms with Gasteiger partial charge in [0.05, 0.1) is 11.4 Å². The molecule has 0 saturated heterocycles. The predicted octanol–water partition coefficient (Wildman–Crippen LogP) is 16.2. The summed E-state index contributed by atoms with van der Waals surface area (Å²) < 4.78 is 0. The molecule has 0 unspecified atom stereocenters. The van der Waals surface area contributed by atoms with Crippen molar-refractivity contribution in [1.29, 1.82) is 0 Å². The van der Waals surface area contributed by atoms with Gasteiger partial charge in [-0.2, -0.15) is 0 Å². The first-order valence-electron chi connectivity index (χ1n) is 21.2. The van der Waals surface area contributed by atoms with E-state index < -0.39 is 0 Å². The Balaban J connectivity index is 0.901. The third-order valence-electron chi connectivity index (χ3n) is 12.5. The van der Waals surface area contributed by atoms with E-state index in [0.717, 1.165) is 33.6 Å². The van der Waals surface area contributed by atoms with Crippen LogP contribution in [0.5, 0.6) is 0 Å². The Morgan fingerprint density at radius 2 is 0.661 bits per heavy atom. The van der Waals surface area contributed by atoms with E-state index in [1.54, 1.807) is 0 Å². The van der Waals surface area contributed by atoms with Gasteiger partial charge < -0.3 is 0 Å². The quantitative estimate of drug-likeness (QED) is 0.124. The van der Waals surface area contributed by atoms with Crippen LogP contribution in [0.4, 0.5) is 0 Å². The second kappa shape index (κ2) is 14.8. The molecular weight excluding hydrogens is 749 g/mol. The lowest BCUT2D eigenvalue weighted by Crippen LogP contribution is -1.96. The van der Waals surface area contributed by atoms with Crippen molar-refractivity contribution in [3.63, 3.8) is 0 Å². The third kappa shape index (κ3) is 6.29. The van der Waals surface area contributed by atoms with E-state index in [1.165, 1.54) is 81.7 Å². The number of benzene rings is 11. The van der Waals surface area contributed by atoms with Crippen LogP contribution >= 0.6 is 0 Å². The largest absolute Gasteiger partial charge is 0.228 e. The molecule has 2 heteroatoms. The summed E-state index contributed by atoms with van der Waals surface area (Å²) in [6.07, 6.45) is 0. The molecule has 1 aromatic heterocycles. The summed E-state index contributed by atoms with van der Waals surface area (Å²) >= 11 is 0. The van der Waals surface area contributed by atoms with Gasteiger partial charge >= 0.3 is 0 Å². The van der Waals surface area contributed by atoms with Crippen LogP contribution in [-0.2, 0) is 0 Å². The second-order valence-corrected chi connectivity index (χ2v) is 16.1. The molecule has 288 valence electrons. The summed E-state index contributed by atoms with van der Waals surface area (Å²) in [4.78, 5) is 10.2. The molecule has 12 aromatic rings. The first kappa shape index (κ1) is 35.7. The minimum absolute atomic E-state index is 0.712. The molecule has 1 heterocycles. The molecule has 0 N–H and O–H groups in total. The lowest BCUT2D eigenvalue weighted by molar-refractivity contribution is 1.18. The van der Waals surface area contributed by atoms with Crippen molar-refractivity contribution in [2.75, 3.05) is 0 Å². The molecule has 0 fully saturated rings. The number of aromatic nitrogens is 2. The van der Waals surface area contributed by atoms with Crippen LogP contribution in [0.15, 0.2) is 231 Å². The van der Waals surface area contributed by atoms with E-state index in [1.807, 2.05) is 18.2 Å². The van der Waals surface area contributed by atoms with Crippen molar-refractivity contribution in [2.24, 2.45) is 0 Å². The van der Waals surface area contributed by atoms with Crippen molar-refractivity contribution in [3.8, 4) is 67.3 Å². The summed E-state index contributed by atoms with van der Waals surface area (Å²) in [5.74, 6) is 0.712. The highest BCUT2D eigenvalue weighted by atomic mass is 14.9. The maximum Gasteiger partial charge on any atom is 0.160 e. The van der Waals surface area contributed by atoms with E-state index in [4.69, 9.17) is 9.97 Å². The highest BCUT2D eigenvalue weighted by Gasteiger charge is 2.15. The lowest BCUT2D eigenvalue weighted by atomic mass is 9.89. The number of nitrogens with zero attached hydrogens (tertiary/aromatic N) is 2. The normalized spacial score (nSPS) is 11.5. The van der Waals surface area contributed by atoms with Gasteiger partial charge in [-0.3, -0.25) is 0 Å². The Bertz CT molecular complexity index is 3660. The fourth-order valence-corrected chi connectivity index (χ4v) is 9.29. The number of fused-ring (bicyclic) bond motifs is 6. The summed E-state index contributed by atoms with van der Waals surface area (Å²) in [6, 6.07) is 83.1. The maximum atomic E-state index is 5.11. The number of hydrogen-bond acceptors (Lipinski definition) is 2. The third-order valence-corrected chi connectivity index (χ3v) is 12.5. The second-order valence-electron chi connectivity index (χ2n) is 16.1. The SMILES string of the molecule is c1ccc(-c2nc(-c3ccc(-c4ccc(-c5ccc(-c6cc7ccccc7c7cc8ccccc8cc67)cc5)c5ccccc45)cc3)cc(-c3ccc4ccccc4c3)n2)cc1. The molecule has 0 bridgehead atoms. The van der Waals surface area contributed by atoms with Gasteiger partial charge in [0.15, 0.2) is 5.82 Å². The van der Waals surface area contributed by atoms with Gasteiger partial charge in [-0.25, -0.2) is 9.97 Å². The van der Waals surface area contributed by atoms with E-state index in [-0.39, 0.29) is 0 Å². The monoisotopic (exact) mass is 786 g/mol. The first-order chi connectivity index (χ1) is 30.7. The zero-order valence-electron chi connectivity index (χ0n) is 33.8. The molecule has 62 heavy (non-hydrogen) atoms. The van der Waals surface area contributed by atoms with Crippen LogP contribution in [0.1, 0.15) is 0 Å². The van der Waals surface area contributed by atoms with E-state index in [2.05, 4.69) is 212 Å². The van der Waals surface area contributed by atoms with Crippen LogP contribution in [0, 0.1) is 0 Å². The molecule has 0 aliphatic carbocycles. The molecule has 11 aromatic carbocycles. The number of hydrogen-bond donors (Lipinski definition) is 0. The Morgan fingerprint density at radius 1 is 0.210 bits per heavy atom. The van der Waals surface area contributed by atoms with Crippen LogP contribution in [-0.4, -0.2) is 9.97 Å². The van der Waals surface area contributed by atoms with Gasteiger partial charge in [-0.1, -0.05) is 200 Å². The van der Waals surface area contributed by atoms with Gasteiger partial charge in [0.25, 0.3) is 0 Å². The molecule has 12 rings (SSSR count). The standard InChI is InChI=1S/C60H38N2/c1-2-13-44(14-3-1)60-61-58(38-59(62-60)49-31-22-39-12-4-5-15-45(39)34-49)43-29-27-41(28-30-43)52-33-32-51(53-20-10-11-21-54(52)53)40-23-25-42(26-24-40)55-37-48-18-8-9-19-50(48)56-35-46-16-6-7-17-47(46)36-57(55)56/h1-38H. The van der Waals surface area contributed by atoms with Crippen LogP contribution in [0.25, 0.3) is 121 Å². The molecule has 0 aliphatic heterocycles. The van der Waals surface area contributed by atoms with Gasteiger partial charge in [-0.05, 0) is 118 Å². The van der Waals surface area contributed by atoms with Crippen molar-refractivity contribution in [2.45, 2.75) is 0 Å². The van der Waals surface area contributed by atoms with E-state index >= 15 is 0 Å². The van der Waals surface area contributed by atoms with Crippen molar-refractivity contribution in [3.05, 3.63) is 231 Å². The topological polar surface area (TPSA) is 25.8 Å². The zero-order valence-corrected chi connectivity index (χ0v) is 33.8. The van der Waals surface area contributed by atoms with Crippen molar-refractivity contribution >= 4 is 53.9 Å². The molecule has 0 atom stereocenters. The van der Waals surface area contributed by atoms with E-state index in [0.29, 0.717) is 5.82 Å².